The molecule has 0 bridgehead atoms. The van der Waals surface area contributed by atoms with E-state index < -0.39 is 0 Å². The molecule has 1 aromatic rings. The molecule has 2 heterocycles. The lowest BCUT2D eigenvalue weighted by Gasteiger charge is -2.23. The summed E-state index contributed by atoms with van der Waals surface area (Å²) in [7, 11) is 0. The van der Waals surface area contributed by atoms with Crippen molar-refractivity contribution >= 4 is 5.82 Å². The minimum atomic E-state index is 0.782. The fourth-order valence-electron chi connectivity index (χ4n) is 2.60. The van der Waals surface area contributed by atoms with Gasteiger partial charge in [-0.3, -0.25) is 0 Å². The summed E-state index contributed by atoms with van der Waals surface area (Å²) in [5.74, 6) is 1.94. The van der Waals surface area contributed by atoms with Crippen LogP contribution in [0, 0.1) is 13.8 Å². The molecule has 2 rings (SSSR count). The minimum Gasteiger partial charge on any atom is -0.355 e. The Morgan fingerprint density at radius 1 is 1.16 bits per heavy atom. The second kappa shape index (κ2) is 6.82. The molecule has 19 heavy (non-hydrogen) atoms. The molecule has 106 valence electrons. The second-order valence-corrected chi connectivity index (χ2v) is 5.24. The lowest BCUT2D eigenvalue weighted by Crippen LogP contribution is -2.32. The molecule has 1 aliphatic heterocycles. The molecule has 1 aromatic heterocycles. The molecular weight excluding hydrogens is 238 g/mol. The predicted octanol–water partition coefficient (Wildman–Crippen LogP) is 0.954. The molecule has 1 fully saturated rings. The quantitative estimate of drug-likeness (QED) is 0.876. The molecule has 0 radical (unpaired) electrons. The number of anilines is 1. The van der Waals surface area contributed by atoms with Gasteiger partial charge in [0.15, 0.2) is 0 Å². The van der Waals surface area contributed by atoms with Gasteiger partial charge in [0.25, 0.3) is 0 Å². The van der Waals surface area contributed by atoms with Gasteiger partial charge in [0.05, 0.1) is 0 Å². The first-order valence-corrected chi connectivity index (χ1v) is 7.18. The SMILES string of the molecule is Cc1cc(N2CCCN(CCCN)CC2)nc(C)n1. The number of aryl methyl sites for hydroxylation is 2. The van der Waals surface area contributed by atoms with E-state index in [9.17, 15) is 0 Å². The summed E-state index contributed by atoms with van der Waals surface area (Å²) < 4.78 is 0. The number of nitrogens with two attached hydrogens (primary N) is 1. The van der Waals surface area contributed by atoms with Crippen LogP contribution < -0.4 is 10.6 Å². The molecule has 0 saturated carbocycles. The highest BCUT2D eigenvalue weighted by molar-refractivity contribution is 5.39. The van der Waals surface area contributed by atoms with Crippen molar-refractivity contribution in [3.8, 4) is 0 Å². The number of aromatic nitrogens is 2. The Labute approximate surface area is 115 Å². The third kappa shape index (κ3) is 4.14. The maximum atomic E-state index is 5.58. The summed E-state index contributed by atoms with van der Waals surface area (Å²) in [5, 5.41) is 0. The van der Waals surface area contributed by atoms with Gasteiger partial charge in [-0.2, -0.15) is 0 Å². The Hall–Kier alpha value is -1.20. The Balaban J connectivity index is 1.98. The zero-order chi connectivity index (χ0) is 13.7. The third-order valence-electron chi connectivity index (χ3n) is 3.54. The van der Waals surface area contributed by atoms with Crippen LogP contribution in [0.1, 0.15) is 24.4 Å². The summed E-state index contributed by atoms with van der Waals surface area (Å²) in [6.07, 6.45) is 2.28. The molecule has 0 atom stereocenters. The Bertz CT molecular complexity index is 387. The Morgan fingerprint density at radius 2 is 2.00 bits per heavy atom. The van der Waals surface area contributed by atoms with Gasteiger partial charge in [-0.1, -0.05) is 0 Å². The van der Waals surface area contributed by atoms with E-state index in [-0.39, 0.29) is 0 Å². The van der Waals surface area contributed by atoms with Crippen molar-refractivity contribution < 1.29 is 0 Å². The highest BCUT2D eigenvalue weighted by Crippen LogP contribution is 2.15. The first-order valence-electron chi connectivity index (χ1n) is 7.18. The molecule has 0 aromatic carbocycles. The monoisotopic (exact) mass is 263 g/mol. The maximum absolute atomic E-state index is 5.58. The van der Waals surface area contributed by atoms with E-state index in [1.165, 1.54) is 13.0 Å². The Morgan fingerprint density at radius 3 is 2.74 bits per heavy atom. The van der Waals surface area contributed by atoms with E-state index in [1.807, 2.05) is 13.8 Å². The van der Waals surface area contributed by atoms with Gasteiger partial charge >= 0.3 is 0 Å². The van der Waals surface area contributed by atoms with Crippen LogP contribution in [0.5, 0.6) is 0 Å². The second-order valence-electron chi connectivity index (χ2n) is 5.24. The molecule has 5 nitrogen and oxygen atoms in total. The van der Waals surface area contributed by atoms with Gasteiger partial charge < -0.3 is 15.5 Å². The van der Waals surface area contributed by atoms with E-state index in [2.05, 4.69) is 25.8 Å². The van der Waals surface area contributed by atoms with E-state index in [1.54, 1.807) is 0 Å². The van der Waals surface area contributed by atoms with Crippen LogP contribution in [-0.4, -0.2) is 54.1 Å². The van der Waals surface area contributed by atoms with Crippen molar-refractivity contribution in [3.63, 3.8) is 0 Å². The van der Waals surface area contributed by atoms with Crippen molar-refractivity contribution in [1.82, 2.24) is 14.9 Å². The number of rotatable bonds is 4. The van der Waals surface area contributed by atoms with Crippen molar-refractivity contribution in [2.24, 2.45) is 5.73 Å². The van der Waals surface area contributed by atoms with Gasteiger partial charge in [0.1, 0.15) is 11.6 Å². The van der Waals surface area contributed by atoms with E-state index >= 15 is 0 Å². The molecular formula is C14H25N5. The molecule has 1 aliphatic rings. The largest absolute Gasteiger partial charge is 0.355 e. The van der Waals surface area contributed by atoms with Crippen LogP contribution in [0.25, 0.3) is 0 Å². The van der Waals surface area contributed by atoms with Crippen LogP contribution in [0.4, 0.5) is 5.82 Å². The van der Waals surface area contributed by atoms with Crippen LogP contribution in [0.15, 0.2) is 6.07 Å². The van der Waals surface area contributed by atoms with E-state index in [0.717, 1.165) is 56.5 Å². The summed E-state index contributed by atoms with van der Waals surface area (Å²) in [4.78, 5) is 13.8. The van der Waals surface area contributed by atoms with Crippen LogP contribution in [0.3, 0.4) is 0 Å². The molecule has 5 heteroatoms. The molecule has 0 unspecified atom stereocenters. The smallest absolute Gasteiger partial charge is 0.132 e. The van der Waals surface area contributed by atoms with Gasteiger partial charge in [-0.25, -0.2) is 9.97 Å². The van der Waals surface area contributed by atoms with Crippen molar-refractivity contribution in [2.75, 3.05) is 44.2 Å². The highest BCUT2D eigenvalue weighted by atomic mass is 15.2. The summed E-state index contributed by atoms with van der Waals surface area (Å²) in [6.45, 7) is 10.3. The summed E-state index contributed by atoms with van der Waals surface area (Å²) >= 11 is 0. The zero-order valence-corrected chi connectivity index (χ0v) is 12.1. The summed E-state index contributed by atoms with van der Waals surface area (Å²) in [5.41, 5.74) is 6.63. The predicted molar refractivity (Wildman–Crippen MR) is 78.4 cm³/mol. The van der Waals surface area contributed by atoms with Gasteiger partial charge in [0.2, 0.25) is 0 Å². The molecule has 1 saturated heterocycles. The van der Waals surface area contributed by atoms with Gasteiger partial charge in [-0.05, 0) is 46.3 Å². The van der Waals surface area contributed by atoms with E-state index in [0.29, 0.717) is 0 Å². The van der Waals surface area contributed by atoms with Crippen molar-refractivity contribution in [1.29, 1.82) is 0 Å². The molecule has 2 N–H and O–H groups in total. The number of hydrogen-bond donors (Lipinski definition) is 1. The highest BCUT2D eigenvalue weighted by Gasteiger charge is 2.16. The molecule has 0 spiro atoms. The topological polar surface area (TPSA) is 58.3 Å². The minimum absolute atomic E-state index is 0.782. The van der Waals surface area contributed by atoms with Crippen LogP contribution in [-0.2, 0) is 0 Å². The zero-order valence-electron chi connectivity index (χ0n) is 12.1. The van der Waals surface area contributed by atoms with Crippen molar-refractivity contribution in [3.05, 3.63) is 17.6 Å². The maximum Gasteiger partial charge on any atom is 0.132 e. The molecule has 0 amide bonds. The van der Waals surface area contributed by atoms with Gasteiger partial charge in [-0.15, -0.1) is 0 Å². The lowest BCUT2D eigenvalue weighted by atomic mass is 10.3. The fourth-order valence-corrected chi connectivity index (χ4v) is 2.60. The first kappa shape index (κ1) is 14.2. The van der Waals surface area contributed by atoms with Crippen LogP contribution >= 0.6 is 0 Å². The van der Waals surface area contributed by atoms with E-state index in [4.69, 9.17) is 5.73 Å². The van der Waals surface area contributed by atoms with Gasteiger partial charge in [0, 0.05) is 31.4 Å². The standard InChI is InChI=1S/C14H25N5/c1-12-11-14(17-13(2)16-12)19-8-4-7-18(9-10-19)6-3-5-15/h11H,3-10,15H2,1-2H3. The molecule has 0 aliphatic carbocycles. The fraction of sp³-hybridized carbons (Fsp3) is 0.714. The van der Waals surface area contributed by atoms with Crippen LogP contribution in [0.2, 0.25) is 0 Å². The van der Waals surface area contributed by atoms with Crippen molar-refractivity contribution in [2.45, 2.75) is 26.7 Å². The average molecular weight is 263 g/mol. The normalized spacial score (nSPS) is 17.5. The number of hydrogen-bond acceptors (Lipinski definition) is 5. The average Bonchev–Trinajstić information content (AvgIpc) is 2.60. The number of nitrogens with zero attached hydrogens (tertiary/aromatic N) is 4. The first-order chi connectivity index (χ1) is 9.19. The Kier molecular flexibility index (Phi) is 5.10. The third-order valence-corrected chi connectivity index (χ3v) is 3.54. The summed E-state index contributed by atoms with van der Waals surface area (Å²) in [6, 6.07) is 2.09. The lowest BCUT2D eigenvalue weighted by molar-refractivity contribution is 0.291.